The molecule has 21 heavy (non-hydrogen) atoms. The zero-order chi connectivity index (χ0) is 15.6. The average molecular weight is 289 g/mol. The van der Waals surface area contributed by atoms with Gasteiger partial charge >= 0.3 is 7.12 Å². The SMILES string of the molecule is CCC(C)=C(N)Oc1ccc(B2OCC(C)(C)O2)cc1C. The highest BCUT2D eigenvalue weighted by Gasteiger charge is 2.38. The Balaban J connectivity index is 2.15. The van der Waals surface area contributed by atoms with Crippen LogP contribution in [0.15, 0.2) is 29.7 Å². The lowest BCUT2D eigenvalue weighted by atomic mass is 9.78. The molecule has 1 aliphatic rings. The van der Waals surface area contributed by atoms with E-state index in [2.05, 4.69) is 6.92 Å². The molecule has 0 bridgehead atoms. The molecule has 0 amide bonds. The molecule has 1 aromatic carbocycles. The lowest BCUT2D eigenvalue weighted by Crippen LogP contribution is -2.34. The van der Waals surface area contributed by atoms with Crippen LogP contribution in [-0.4, -0.2) is 19.3 Å². The predicted octanol–water partition coefficient (Wildman–Crippen LogP) is 2.49. The Bertz CT molecular complexity index is 554. The maximum absolute atomic E-state index is 5.93. The number of hydrogen-bond donors (Lipinski definition) is 1. The Kier molecular flexibility index (Phi) is 4.64. The van der Waals surface area contributed by atoms with Gasteiger partial charge in [0.15, 0.2) is 5.88 Å². The molecule has 2 rings (SSSR count). The standard InChI is InChI=1S/C16H24BNO3/c1-6-11(2)15(18)20-14-8-7-13(9-12(14)3)17-19-10-16(4,5)21-17/h7-9H,6,10,18H2,1-5H3. The molecule has 0 spiro atoms. The molecule has 1 fully saturated rings. The molecule has 0 unspecified atom stereocenters. The van der Waals surface area contributed by atoms with E-state index >= 15 is 0 Å². The number of aryl methyl sites for hydroxylation is 1. The lowest BCUT2D eigenvalue weighted by molar-refractivity contribution is 0.137. The fourth-order valence-electron chi connectivity index (χ4n) is 2.11. The summed E-state index contributed by atoms with van der Waals surface area (Å²) in [6.45, 7) is 10.7. The third-order valence-electron chi connectivity index (χ3n) is 3.65. The molecule has 0 aliphatic carbocycles. The summed E-state index contributed by atoms with van der Waals surface area (Å²) in [5, 5.41) is 0. The molecule has 0 atom stereocenters. The minimum atomic E-state index is -0.307. The number of ether oxygens (including phenoxy) is 1. The van der Waals surface area contributed by atoms with Crippen molar-refractivity contribution in [2.24, 2.45) is 5.73 Å². The van der Waals surface area contributed by atoms with Gasteiger partial charge in [-0.3, -0.25) is 0 Å². The van der Waals surface area contributed by atoms with E-state index in [-0.39, 0.29) is 12.7 Å². The van der Waals surface area contributed by atoms with Crippen LogP contribution in [0.3, 0.4) is 0 Å². The second-order valence-corrected chi connectivity index (χ2v) is 6.15. The van der Waals surface area contributed by atoms with E-state index < -0.39 is 0 Å². The van der Waals surface area contributed by atoms with Crippen molar-refractivity contribution in [2.75, 3.05) is 6.61 Å². The van der Waals surface area contributed by atoms with Gasteiger partial charge in [-0.15, -0.1) is 0 Å². The summed E-state index contributed by atoms with van der Waals surface area (Å²) in [4.78, 5) is 0. The van der Waals surface area contributed by atoms with Gasteiger partial charge < -0.3 is 19.8 Å². The molecule has 1 heterocycles. The molecule has 1 saturated heterocycles. The van der Waals surface area contributed by atoms with Crippen LogP contribution in [0.1, 0.15) is 39.7 Å². The first-order valence-corrected chi connectivity index (χ1v) is 7.35. The molecule has 114 valence electrons. The molecule has 1 aromatic rings. The van der Waals surface area contributed by atoms with Crippen LogP contribution in [0.5, 0.6) is 5.75 Å². The lowest BCUT2D eigenvalue weighted by Gasteiger charge is -2.16. The first kappa shape index (κ1) is 15.9. The number of benzene rings is 1. The second-order valence-electron chi connectivity index (χ2n) is 6.15. The van der Waals surface area contributed by atoms with E-state index in [4.69, 9.17) is 19.8 Å². The summed E-state index contributed by atoms with van der Waals surface area (Å²) >= 11 is 0. The van der Waals surface area contributed by atoms with Gasteiger partial charge in [0.25, 0.3) is 0 Å². The van der Waals surface area contributed by atoms with Gasteiger partial charge in [-0.05, 0) is 56.8 Å². The van der Waals surface area contributed by atoms with Crippen molar-refractivity contribution in [1.82, 2.24) is 0 Å². The maximum atomic E-state index is 5.93. The van der Waals surface area contributed by atoms with Crippen molar-refractivity contribution in [3.8, 4) is 5.75 Å². The fourth-order valence-corrected chi connectivity index (χ4v) is 2.11. The summed E-state index contributed by atoms with van der Waals surface area (Å²) in [6.07, 6.45) is 0.877. The van der Waals surface area contributed by atoms with E-state index in [1.165, 1.54) is 0 Å². The summed E-state index contributed by atoms with van der Waals surface area (Å²) in [5.74, 6) is 1.24. The third-order valence-corrected chi connectivity index (χ3v) is 3.65. The number of allylic oxidation sites excluding steroid dienone is 1. The highest BCUT2D eigenvalue weighted by atomic mass is 16.7. The van der Waals surface area contributed by atoms with Crippen LogP contribution >= 0.6 is 0 Å². The summed E-state index contributed by atoms with van der Waals surface area (Å²) < 4.78 is 17.3. The van der Waals surface area contributed by atoms with Crippen molar-refractivity contribution in [3.63, 3.8) is 0 Å². The van der Waals surface area contributed by atoms with E-state index in [9.17, 15) is 0 Å². The Morgan fingerprint density at radius 3 is 2.67 bits per heavy atom. The van der Waals surface area contributed by atoms with Crippen molar-refractivity contribution in [2.45, 2.75) is 46.6 Å². The molecule has 5 heteroatoms. The summed E-state index contributed by atoms with van der Waals surface area (Å²) in [6, 6.07) is 5.90. The molecule has 4 nitrogen and oxygen atoms in total. The van der Waals surface area contributed by atoms with Crippen molar-refractivity contribution in [1.29, 1.82) is 0 Å². The Morgan fingerprint density at radius 1 is 1.43 bits per heavy atom. The topological polar surface area (TPSA) is 53.7 Å². The minimum Gasteiger partial charge on any atom is -0.441 e. The van der Waals surface area contributed by atoms with Gasteiger partial charge in [0.2, 0.25) is 0 Å². The highest BCUT2D eigenvalue weighted by Crippen LogP contribution is 2.22. The van der Waals surface area contributed by atoms with Gasteiger partial charge in [-0.25, -0.2) is 0 Å². The monoisotopic (exact) mass is 289 g/mol. The summed E-state index contributed by atoms with van der Waals surface area (Å²) in [5.41, 5.74) is 8.75. The van der Waals surface area contributed by atoms with E-state index in [0.717, 1.165) is 28.8 Å². The normalized spacial score (nSPS) is 18.6. The highest BCUT2D eigenvalue weighted by molar-refractivity contribution is 6.61. The smallest absolute Gasteiger partial charge is 0.441 e. The molecule has 2 N–H and O–H groups in total. The summed E-state index contributed by atoms with van der Waals surface area (Å²) in [7, 11) is -0.307. The fraction of sp³-hybridized carbons (Fsp3) is 0.500. The number of nitrogens with two attached hydrogens (primary N) is 1. The van der Waals surface area contributed by atoms with Crippen molar-refractivity contribution < 1.29 is 14.0 Å². The predicted molar refractivity (Wildman–Crippen MR) is 85.5 cm³/mol. The van der Waals surface area contributed by atoms with Crippen LogP contribution in [0, 0.1) is 6.92 Å². The second kappa shape index (κ2) is 6.12. The van der Waals surface area contributed by atoms with Gasteiger partial charge in [0, 0.05) is 0 Å². The van der Waals surface area contributed by atoms with E-state index in [1.807, 2.05) is 45.9 Å². The van der Waals surface area contributed by atoms with E-state index in [1.54, 1.807) is 0 Å². The van der Waals surface area contributed by atoms with Crippen LogP contribution < -0.4 is 15.9 Å². The molecular weight excluding hydrogens is 265 g/mol. The molecular formula is C16H24BNO3. The first-order chi connectivity index (χ1) is 9.82. The molecule has 0 aromatic heterocycles. The Labute approximate surface area is 127 Å². The quantitative estimate of drug-likeness (QED) is 0.683. The van der Waals surface area contributed by atoms with Crippen LogP contribution in [0.2, 0.25) is 0 Å². The molecule has 0 saturated carbocycles. The Morgan fingerprint density at radius 2 is 2.14 bits per heavy atom. The first-order valence-electron chi connectivity index (χ1n) is 7.35. The minimum absolute atomic E-state index is 0.237. The molecule has 0 radical (unpaired) electrons. The third kappa shape index (κ3) is 3.80. The number of rotatable bonds is 4. The van der Waals surface area contributed by atoms with Crippen LogP contribution in [0.4, 0.5) is 0 Å². The Hall–Kier alpha value is -1.46. The number of hydrogen-bond acceptors (Lipinski definition) is 4. The largest absolute Gasteiger partial charge is 0.494 e. The van der Waals surface area contributed by atoms with Crippen LogP contribution in [0.25, 0.3) is 0 Å². The van der Waals surface area contributed by atoms with E-state index in [0.29, 0.717) is 12.5 Å². The van der Waals surface area contributed by atoms with Crippen molar-refractivity contribution in [3.05, 3.63) is 35.2 Å². The van der Waals surface area contributed by atoms with Gasteiger partial charge in [0.05, 0.1) is 12.2 Å². The van der Waals surface area contributed by atoms with Gasteiger partial charge in [0.1, 0.15) is 5.75 Å². The van der Waals surface area contributed by atoms with Gasteiger partial charge in [-0.1, -0.05) is 19.1 Å². The zero-order valence-corrected chi connectivity index (χ0v) is 13.5. The van der Waals surface area contributed by atoms with Crippen molar-refractivity contribution >= 4 is 12.6 Å². The maximum Gasteiger partial charge on any atom is 0.494 e. The zero-order valence-electron chi connectivity index (χ0n) is 13.5. The van der Waals surface area contributed by atoms with Crippen LogP contribution in [-0.2, 0) is 9.31 Å². The molecule has 1 aliphatic heterocycles. The van der Waals surface area contributed by atoms with Gasteiger partial charge in [-0.2, -0.15) is 0 Å². The average Bonchev–Trinajstić information content (AvgIpc) is 2.80.